The number of halogens is 1. The third kappa shape index (κ3) is 5.20. The summed E-state index contributed by atoms with van der Waals surface area (Å²) in [4.78, 5) is 27.9. The summed E-state index contributed by atoms with van der Waals surface area (Å²) in [6, 6.07) is 1.65. The van der Waals surface area contributed by atoms with Gasteiger partial charge in [-0.3, -0.25) is 0 Å². The molecule has 2 atom stereocenters. The summed E-state index contributed by atoms with van der Waals surface area (Å²) in [7, 11) is 0. The number of nitrogens with zero attached hydrogens (tertiary/aromatic N) is 4. The van der Waals surface area contributed by atoms with Crippen molar-refractivity contribution in [3.05, 3.63) is 28.7 Å². The lowest BCUT2D eigenvalue weighted by atomic mass is 9.74. The number of ether oxygens (including phenoxy) is 1. The molecule has 0 unspecified atom stereocenters. The van der Waals surface area contributed by atoms with Gasteiger partial charge >= 0.3 is 6.09 Å². The Balaban J connectivity index is 1.32. The van der Waals surface area contributed by atoms with E-state index in [4.69, 9.17) is 32.0 Å². The van der Waals surface area contributed by atoms with Crippen molar-refractivity contribution in [3.8, 4) is 0 Å². The van der Waals surface area contributed by atoms with Crippen LogP contribution in [-0.2, 0) is 11.3 Å². The topological polar surface area (TPSA) is 147 Å². The molecular weight excluding hydrogens is 504 g/mol. The van der Waals surface area contributed by atoms with Crippen molar-refractivity contribution in [2.24, 2.45) is 5.41 Å². The molecule has 2 aliphatic carbocycles. The van der Waals surface area contributed by atoms with E-state index in [-0.39, 0.29) is 30.0 Å². The molecule has 0 radical (unpaired) electrons. The average molecular weight is 535 g/mol. The summed E-state index contributed by atoms with van der Waals surface area (Å²) in [5.74, 6) is 0.918. The molecule has 2 aromatic heterocycles. The van der Waals surface area contributed by atoms with E-state index in [0.29, 0.717) is 40.8 Å². The predicted octanol–water partition coefficient (Wildman–Crippen LogP) is 3.62. The number of pyridine rings is 1. The Kier molecular flexibility index (Phi) is 7.17. The Bertz CT molecular complexity index is 1140. The van der Waals surface area contributed by atoms with Crippen LogP contribution in [0.1, 0.15) is 49.9 Å². The molecule has 0 aromatic carbocycles. The standard InChI is InChI=1S/C24H31ClN6O4S/c1-13-22(36-17-4-7-27-20(26)19(17)25)29-16(12-32)21(28-13)31-8-5-24(6-9-31)11-15(35-14-2-3-14)10-18(24)30-23(33)34/h4,7,14-15,18,30,32H,2-3,5-6,8-12H2,1H3,(H2,26,27)(H,33,34)/t15-,18+/m0/s1. The van der Waals surface area contributed by atoms with E-state index in [0.717, 1.165) is 49.1 Å². The molecule has 3 heterocycles. The van der Waals surface area contributed by atoms with E-state index in [9.17, 15) is 15.0 Å². The minimum absolute atomic E-state index is 0.0984. The lowest BCUT2D eigenvalue weighted by molar-refractivity contribution is 0.0334. The van der Waals surface area contributed by atoms with Crippen molar-refractivity contribution < 1.29 is 19.7 Å². The fourth-order valence-electron chi connectivity index (χ4n) is 5.45. The molecule has 2 saturated carbocycles. The molecule has 10 nitrogen and oxygen atoms in total. The number of aliphatic hydroxyl groups excluding tert-OH is 1. The van der Waals surface area contributed by atoms with Crippen LogP contribution in [0.4, 0.5) is 16.4 Å². The summed E-state index contributed by atoms with van der Waals surface area (Å²) in [6.07, 6.45) is 6.47. The number of anilines is 2. The summed E-state index contributed by atoms with van der Waals surface area (Å²) < 4.78 is 6.18. The number of nitrogen functional groups attached to an aromatic ring is 1. The number of aliphatic hydroxyl groups is 1. The van der Waals surface area contributed by atoms with E-state index < -0.39 is 6.09 Å². The number of aromatic nitrogens is 3. The van der Waals surface area contributed by atoms with Gasteiger partial charge in [0, 0.05) is 30.2 Å². The number of carboxylic acid groups (broad SMARTS) is 1. The highest BCUT2D eigenvalue weighted by molar-refractivity contribution is 7.99. The van der Waals surface area contributed by atoms with Gasteiger partial charge < -0.3 is 30.9 Å². The maximum Gasteiger partial charge on any atom is 0.404 e. The molecule has 3 fully saturated rings. The van der Waals surface area contributed by atoms with E-state index in [2.05, 4.69) is 15.2 Å². The van der Waals surface area contributed by atoms with Gasteiger partial charge in [0.1, 0.15) is 16.5 Å². The number of nitrogens with one attached hydrogen (secondary N) is 1. The highest BCUT2D eigenvalue weighted by Crippen LogP contribution is 2.49. The van der Waals surface area contributed by atoms with E-state index in [1.165, 1.54) is 11.8 Å². The van der Waals surface area contributed by atoms with Crippen LogP contribution in [0.3, 0.4) is 0 Å². The Morgan fingerprint density at radius 3 is 2.75 bits per heavy atom. The zero-order valence-corrected chi connectivity index (χ0v) is 21.7. The lowest BCUT2D eigenvalue weighted by Crippen LogP contribution is -2.50. The van der Waals surface area contributed by atoms with Crippen molar-refractivity contribution in [3.63, 3.8) is 0 Å². The smallest absolute Gasteiger partial charge is 0.404 e. The van der Waals surface area contributed by atoms with E-state index >= 15 is 0 Å². The molecule has 194 valence electrons. The van der Waals surface area contributed by atoms with E-state index in [1.54, 1.807) is 12.3 Å². The minimum atomic E-state index is -0.984. The molecule has 1 spiro atoms. The number of carbonyl (C=O) groups is 1. The fourth-order valence-corrected chi connectivity index (χ4v) is 6.56. The van der Waals surface area contributed by atoms with Crippen molar-refractivity contribution in [2.75, 3.05) is 23.7 Å². The van der Waals surface area contributed by atoms with Crippen LogP contribution in [0.15, 0.2) is 22.2 Å². The molecule has 1 amide bonds. The van der Waals surface area contributed by atoms with Gasteiger partial charge in [0.05, 0.1) is 29.5 Å². The molecule has 5 N–H and O–H groups in total. The van der Waals surface area contributed by atoms with Crippen LogP contribution in [0, 0.1) is 12.3 Å². The third-order valence-electron chi connectivity index (χ3n) is 7.45. The SMILES string of the molecule is Cc1nc(N2CCC3(CC2)C[C@@H](OC2CC2)C[C@H]3NC(=O)O)c(CO)nc1Sc1ccnc(N)c1Cl. The molecule has 0 bridgehead atoms. The molecular formula is C24H31ClN6O4S. The molecule has 12 heteroatoms. The van der Waals surface area contributed by atoms with Gasteiger partial charge in [0.15, 0.2) is 5.82 Å². The maximum absolute atomic E-state index is 11.5. The number of amides is 1. The Morgan fingerprint density at radius 2 is 2.08 bits per heavy atom. The molecule has 1 saturated heterocycles. The van der Waals surface area contributed by atoms with Gasteiger partial charge in [-0.1, -0.05) is 23.4 Å². The Morgan fingerprint density at radius 1 is 1.33 bits per heavy atom. The van der Waals surface area contributed by atoms with Gasteiger partial charge in [-0.05, 0) is 56.9 Å². The second-order valence-electron chi connectivity index (χ2n) is 9.90. The van der Waals surface area contributed by atoms with E-state index in [1.807, 2.05) is 6.92 Å². The summed E-state index contributed by atoms with van der Waals surface area (Å²) in [5.41, 5.74) is 6.92. The molecule has 5 rings (SSSR count). The normalized spacial score (nSPS) is 23.2. The molecule has 2 aromatic rings. The van der Waals surface area contributed by atoms with Gasteiger partial charge in [-0.25, -0.2) is 19.7 Å². The number of rotatable bonds is 7. The zero-order chi connectivity index (χ0) is 25.4. The number of hydrogen-bond donors (Lipinski definition) is 4. The predicted molar refractivity (Wildman–Crippen MR) is 136 cm³/mol. The first-order valence-corrected chi connectivity index (χ1v) is 13.4. The van der Waals surface area contributed by atoms with Crippen LogP contribution >= 0.6 is 23.4 Å². The van der Waals surface area contributed by atoms with Gasteiger partial charge in [-0.15, -0.1) is 0 Å². The number of nitrogens with two attached hydrogens (primary N) is 1. The molecule has 1 aliphatic heterocycles. The summed E-state index contributed by atoms with van der Waals surface area (Å²) >= 11 is 7.64. The Hall–Kier alpha value is -2.34. The zero-order valence-electron chi connectivity index (χ0n) is 20.1. The van der Waals surface area contributed by atoms with Crippen molar-refractivity contribution in [2.45, 2.75) is 80.2 Å². The van der Waals surface area contributed by atoms with Crippen LogP contribution in [0.2, 0.25) is 5.02 Å². The first kappa shape index (κ1) is 25.3. The van der Waals surface area contributed by atoms with Crippen molar-refractivity contribution >= 4 is 41.1 Å². The largest absolute Gasteiger partial charge is 0.465 e. The highest BCUT2D eigenvalue weighted by Gasteiger charge is 2.51. The third-order valence-corrected chi connectivity index (χ3v) is 9.10. The van der Waals surface area contributed by atoms with Crippen LogP contribution in [0.5, 0.6) is 0 Å². The average Bonchev–Trinajstić information content (AvgIpc) is 3.61. The van der Waals surface area contributed by atoms with Crippen LogP contribution < -0.4 is 16.0 Å². The van der Waals surface area contributed by atoms with Crippen LogP contribution in [0.25, 0.3) is 0 Å². The first-order valence-electron chi connectivity index (χ1n) is 12.2. The summed E-state index contributed by atoms with van der Waals surface area (Å²) in [6.45, 7) is 3.04. The van der Waals surface area contributed by atoms with Crippen molar-refractivity contribution in [1.82, 2.24) is 20.3 Å². The number of piperidine rings is 1. The Labute approximate surface area is 219 Å². The highest BCUT2D eigenvalue weighted by atomic mass is 35.5. The lowest BCUT2D eigenvalue weighted by Gasteiger charge is -2.43. The monoisotopic (exact) mass is 534 g/mol. The second kappa shape index (κ2) is 10.2. The van der Waals surface area contributed by atoms with Crippen LogP contribution in [-0.4, -0.2) is 62.6 Å². The first-order chi connectivity index (χ1) is 17.3. The maximum atomic E-state index is 11.5. The molecule has 36 heavy (non-hydrogen) atoms. The van der Waals surface area contributed by atoms with Gasteiger partial charge in [0.25, 0.3) is 0 Å². The van der Waals surface area contributed by atoms with Gasteiger partial charge in [-0.2, -0.15) is 0 Å². The fraction of sp³-hybridized carbons (Fsp3) is 0.583. The second-order valence-corrected chi connectivity index (χ2v) is 11.3. The number of hydrogen-bond acceptors (Lipinski definition) is 9. The summed E-state index contributed by atoms with van der Waals surface area (Å²) in [5, 5.41) is 23.3. The van der Waals surface area contributed by atoms with Crippen molar-refractivity contribution in [1.29, 1.82) is 0 Å². The molecule has 3 aliphatic rings. The quantitative estimate of drug-likeness (QED) is 0.415. The van der Waals surface area contributed by atoms with Gasteiger partial charge in [0.2, 0.25) is 0 Å². The minimum Gasteiger partial charge on any atom is -0.465 e. The number of aryl methyl sites for hydroxylation is 1.